The molecule has 0 aromatic heterocycles. The summed E-state index contributed by atoms with van der Waals surface area (Å²) >= 11 is 3.49. The van der Waals surface area contributed by atoms with Crippen LogP contribution in [0.3, 0.4) is 0 Å². The Morgan fingerprint density at radius 3 is 2.38 bits per heavy atom. The van der Waals surface area contributed by atoms with E-state index >= 15 is 0 Å². The van der Waals surface area contributed by atoms with Crippen LogP contribution in [-0.2, 0) is 11.3 Å². The van der Waals surface area contributed by atoms with Crippen molar-refractivity contribution in [2.45, 2.75) is 20.4 Å². The Morgan fingerprint density at radius 2 is 1.77 bits per heavy atom. The van der Waals surface area contributed by atoms with Crippen molar-refractivity contribution in [2.24, 2.45) is 0 Å². The number of halogens is 1. The highest BCUT2D eigenvalue weighted by atomic mass is 79.9. The fraction of sp³-hybridized carbons (Fsp3) is 0.350. The van der Waals surface area contributed by atoms with Crippen LogP contribution >= 0.6 is 15.9 Å². The third-order valence-corrected chi connectivity index (χ3v) is 4.85. The first-order valence-electron chi connectivity index (χ1n) is 8.42. The molecule has 0 saturated carbocycles. The van der Waals surface area contributed by atoms with Gasteiger partial charge in [0, 0.05) is 10.0 Å². The fourth-order valence-electron chi connectivity index (χ4n) is 2.79. The molecule has 0 fully saturated rings. The van der Waals surface area contributed by atoms with Gasteiger partial charge in [0.15, 0.2) is 18.0 Å². The zero-order valence-electron chi connectivity index (χ0n) is 15.9. The molecule has 0 radical (unpaired) electrons. The molecule has 1 atom stereocenters. The van der Waals surface area contributed by atoms with E-state index in [4.69, 9.17) is 9.47 Å². The minimum absolute atomic E-state index is 0.0230. The van der Waals surface area contributed by atoms with E-state index in [0.717, 1.165) is 31.8 Å². The molecule has 2 aromatic rings. The largest absolute Gasteiger partial charge is 0.493 e. The highest BCUT2D eigenvalue weighted by Gasteiger charge is 2.15. The smallest absolute Gasteiger partial charge is 0.279 e. The fourth-order valence-corrected chi connectivity index (χ4v) is 3.38. The summed E-state index contributed by atoms with van der Waals surface area (Å²) in [5.41, 5.74) is 4.17. The molecular weight excluding hydrogens is 396 g/mol. The van der Waals surface area contributed by atoms with Gasteiger partial charge in [0.2, 0.25) is 0 Å². The van der Waals surface area contributed by atoms with Gasteiger partial charge in [-0.3, -0.25) is 4.79 Å². The molecule has 0 saturated heterocycles. The first kappa shape index (κ1) is 20.3. The quantitative estimate of drug-likeness (QED) is 0.722. The molecule has 2 rings (SSSR count). The van der Waals surface area contributed by atoms with Crippen LogP contribution in [-0.4, -0.2) is 33.7 Å². The van der Waals surface area contributed by atoms with Gasteiger partial charge in [-0.1, -0.05) is 6.07 Å². The summed E-state index contributed by atoms with van der Waals surface area (Å²) in [5, 5.41) is 2.96. The molecule has 1 amide bonds. The number of methoxy groups -OCH3 is 2. The van der Waals surface area contributed by atoms with E-state index in [2.05, 4.69) is 21.2 Å². The maximum atomic E-state index is 12.4. The van der Waals surface area contributed by atoms with Gasteiger partial charge >= 0.3 is 0 Å². The molecule has 0 aliphatic rings. The summed E-state index contributed by atoms with van der Waals surface area (Å²) in [6, 6.07) is 9.81. The van der Waals surface area contributed by atoms with Crippen LogP contribution in [0.25, 0.3) is 0 Å². The predicted molar refractivity (Wildman–Crippen MR) is 107 cm³/mol. The first-order valence-corrected chi connectivity index (χ1v) is 9.22. The van der Waals surface area contributed by atoms with E-state index in [-0.39, 0.29) is 5.91 Å². The molecule has 0 aliphatic heterocycles. The van der Waals surface area contributed by atoms with Gasteiger partial charge < -0.3 is 19.7 Å². The summed E-state index contributed by atoms with van der Waals surface area (Å²) in [6.07, 6.45) is 0. The molecule has 26 heavy (non-hydrogen) atoms. The monoisotopic (exact) mass is 421 g/mol. The van der Waals surface area contributed by atoms with Crippen molar-refractivity contribution in [3.05, 3.63) is 51.5 Å². The van der Waals surface area contributed by atoms with Gasteiger partial charge in [-0.2, -0.15) is 0 Å². The summed E-state index contributed by atoms with van der Waals surface area (Å²) in [5.74, 6) is 1.40. The Hall–Kier alpha value is -2.05. The minimum atomic E-state index is -0.0230. The van der Waals surface area contributed by atoms with Crippen molar-refractivity contribution >= 4 is 27.5 Å². The number of likely N-dealkylation sites (N-methyl/N-ethyl adjacent to an activating group) is 1. The molecule has 2 aromatic carbocycles. The average molecular weight is 422 g/mol. The molecule has 0 bridgehead atoms. The van der Waals surface area contributed by atoms with E-state index in [0.29, 0.717) is 24.6 Å². The number of amides is 1. The second kappa shape index (κ2) is 9.05. The van der Waals surface area contributed by atoms with Crippen LogP contribution in [0.4, 0.5) is 5.69 Å². The Kier molecular flexibility index (Phi) is 7.06. The number of carbonyl (C=O) groups is 1. The van der Waals surface area contributed by atoms with Crippen molar-refractivity contribution in [3.63, 3.8) is 0 Å². The standard InChI is InChI=1S/C20H25BrN2O3/c1-13-6-7-17(16(21)8-13)22-20(24)12-23(3)11-15-10-19(26-5)18(25-4)9-14(15)2/h6-10H,11-12H2,1-5H3,(H,22,24)/p+1. The van der Waals surface area contributed by atoms with E-state index < -0.39 is 0 Å². The van der Waals surface area contributed by atoms with Crippen molar-refractivity contribution < 1.29 is 19.2 Å². The lowest BCUT2D eigenvalue weighted by molar-refractivity contribution is -0.885. The highest BCUT2D eigenvalue weighted by Crippen LogP contribution is 2.30. The third kappa shape index (κ3) is 5.22. The van der Waals surface area contributed by atoms with E-state index in [1.165, 1.54) is 0 Å². The Balaban J connectivity index is 2.01. The minimum Gasteiger partial charge on any atom is -0.493 e. The van der Waals surface area contributed by atoms with E-state index in [9.17, 15) is 4.79 Å². The summed E-state index contributed by atoms with van der Waals surface area (Å²) in [6.45, 7) is 5.14. The van der Waals surface area contributed by atoms with Crippen molar-refractivity contribution in [3.8, 4) is 11.5 Å². The van der Waals surface area contributed by atoms with Gasteiger partial charge in [-0.05, 0) is 65.2 Å². The van der Waals surface area contributed by atoms with Crippen LogP contribution < -0.4 is 19.7 Å². The van der Waals surface area contributed by atoms with Crippen LogP contribution in [0.2, 0.25) is 0 Å². The number of carbonyl (C=O) groups excluding carboxylic acids is 1. The molecule has 0 aliphatic carbocycles. The normalized spacial score (nSPS) is 11.8. The van der Waals surface area contributed by atoms with Crippen LogP contribution in [0.1, 0.15) is 16.7 Å². The number of hydrogen-bond acceptors (Lipinski definition) is 3. The second-order valence-electron chi connectivity index (χ2n) is 6.48. The Morgan fingerprint density at radius 1 is 1.12 bits per heavy atom. The lowest BCUT2D eigenvalue weighted by Gasteiger charge is -2.17. The predicted octanol–water partition coefficient (Wildman–Crippen LogP) is 2.74. The number of nitrogens with one attached hydrogen (secondary N) is 2. The van der Waals surface area contributed by atoms with E-state index in [1.54, 1.807) is 14.2 Å². The summed E-state index contributed by atoms with van der Waals surface area (Å²) < 4.78 is 11.6. The SMILES string of the molecule is COc1cc(C)c(C[NH+](C)CC(=O)Nc2ccc(C)cc2Br)cc1OC. The molecule has 0 spiro atoms. The van der Waals surface area contributed by atoms with Gasteiger partial charge in [-0.15, -0.1) is 0 Å². The summed E-state index contributed by atoms with van der Waals surface area (Å²) in [7, 11) is 5.25. The molecular formula is C20H26BrN2O3+. The zero-order chi connectivity index (χ0) is 19.3. The van der Waals surface area contributed by atoms with Gasteiger partial charge in [-0.25, -0.2) is 0 Å². The maximum Gasteiger partial charge on any atom is 0.279 e. The second-order valence-corrected chi connectivity index (χ2v) is 7.33. The lowest BCUT2D eigenvalue weighted by Crippen LogP contribution is -3.08. The molecule has 5 nitrogen and oxygen atoms in total. The number of rotatable bonds is 7. The molecule has 1 unspecified atom stereocenters. The molecule has 140 valence electrons. The number of aryl methyl sites for hydroxylation is 2. The highest BCUT2D eigenvalue weighted by molar-refractivity contribution is 9.10. The van der Waals surface area contributed by atoms with Crippen molar-refractivity contribution in [1.29, 1.82) is 0 Å². The number of hydrogen-bond donors (Lipinski definition) is 2. The zero-order valence-corrected chi connectivity index (χ0v) is 17.5. The third-order valence-electron chi connectivity index (χ3n) is 4.20. The Labute approximate surface area is 163 Å². The topological polar surface area (TPSA) is 52.0 Å². The van der Waals surface area contributed by atoms with Crippen LogP contribution in [0.15, 0.2) is 34.8 Å². The summed E-state index contributed by atoms with van der Waals surface area (Å²) in [4.78, 5) is 13.4. The molecule has 0 heterocycles. The maximum absolute atomic E-state index is 12.4. The first-order chi connectivity index (χ1) is 12.3. The number of anilines is 1. The lowest BCUT2D eigenvalue weighted by atomic mass is 10.1. The number of ether oxygens (including phenoxy) is 2. The number of benzene rings is 2. The molecule has 6 heteroatoms. The van der Waals surface area contributed by atoms with Gasteiger partial charge in [0.1, 0.15) is 6.54 Å². The van der Waals surface area contributed by atoms with Gasteiger partial charge in [0.25, 0.3) is 5.91 Å². The molecule has 2 N–H and O–H groups in total. The van der Waals surface area contributed by atoms with Gasteiger partial charge in [0.05, 0.1) is 27.0 Å². The van der Waals surface area contributed by atoms with Crippen LogP contribution in [0.5, 0.6) is 11.5 Å². The van der Waals surface area contributed by atoms with E-state index in [1.807, 2.05) is 51.2 Å². The van der Waals surface area contributed by atoms with Crippen LogP contribution in [0, 0.1) is 13.8 Å². The Bertz CT molecular complexity index is 793. The average Bonchev–Trinajstić information content (AvgIpc) is 2.58. The van der Waals surface area contributed by atoms with Crippen molar-refractivity contribution in [1.82, 2.24) is 0 Å². The number of quaternary nitrogens is 1. The van der Waals surface area contributed by atoms with Crippen molar-refractivity contribution in [2.75, 3.05) is 33.1 Å².